The SMILES string of the molecule is CN(C)CC(C)(O)CNc1cccc(C#N)c1N. The zero-order chi connectivity index (χ0) is 13.8. The third-order valence-corrected chi connectivity index (χ3v) is 2.54. The van der Waals surface area contributed by atoms with E-state index < -0.39 is 5.60 Å². The molecule has 1 aromatic rings. The largest absolute Gasteiger partial charge is 0.396 e. The van der Waals surface area contributed by atoms with Gasteiger partial charge in [0, 0.05) is 13.1 Å². The van der Waals surface area contributed by atoms with Gasteiger partial charge in [-0.05, 0) is 33.2 Å². The van der Waals surface area contributed by atoms with E-state index in [9.17, 15) is 5.11 Å². The first-order valence-corrected chi connectivity index (χ1v) is 5.75. The predicted molar refractivity (Wildman–Crippen MR) is 73.2 cm³/mol. The molecule has 0 spiro atoms. The third-order valence-electron chi connectivity index (χ3n) is 2.54. The maximum atomic E-state index is 10.2. The van der Waals surface area contributed by atoms with Gasteiger partial charge in [-0.15, -0.1) is 0 Å². The Balaban J connectivity index is 2.73. The van der Waals surface area contributed by atoms with Gasteiger partial charge in [0.25, 0.3) is 0 Å². The van der Waals surface area contributed by atoms with Gasteiger partial charge >= 0.3 is 0 Å². The zero-order valence-corrected chi connectivity index (χ0v) is 11.1. The van der Waals surface area contributed by atoms with E-state index in [-0.39, 0.29) is 0 Å². The van der Waals surface area contributed by atoms with Crippen LogP contribution in [-0.2, 0) is 0 Å². The number of benzene rings is 1. The molecule has 0 aliphatic carbocycles. The van der Waals surface area contributed by atoms with E-state index >= 15 is 0 Å². The van der Waals surface area contributed by atoms with E-state index in [0.717, 1.165) is 0 Å². The van der Waals surface area contributed by atoms with Crippen LogP contribution in [0.2, 0.25) is 0 Å². The smallest absolute Gasteiger partial charge is 0.101 e. The van der Waals surface area contributed by atoms with Crippen molar-refractivity contribution < 1.29 is 5.11 Å². The lowest BCUT2D eigenvalue weighted by Gasteiger charge is -2.27. The normalized spacial score (nSPS) is 14.0. The van der Waals surface area contributed by atoms with E-state index in [1.54, 1.807) is 25.1 Å². The molecule has 0 aliphatic heterocycles. The van der Waals surface area contributed by atoms with Gasteiger partial charge in [-0.25, -0.2) is 0 Å². The molecule has 98 valence electrons. The van der Waals surface area contributed by atoms with Crippen LogP contribution in [0.3, 0.4) is 0 Å². The van der Waals surface area contributed by atoms with Gasteiger partial charge in [-0.1, -0.05) is 6.07 Å². The molecule has 0 amide bonds. The fraction of sp³-hybridized carbons (Fsp3) is 0.462. The van der Waals surface area contributed by atoms with Gasteiger partial charge in [0.2, 0.25) is 0 Å². The third kappa shape index (κ3) is 3.91. The second-order valence-electron chi connectivity index (χ2n) is 4.97. The number of nitriles is 1. The lowest BCUT2D eigenvalue weighted by Crippen LogP contribution is -2.43. The Labute approximate surface area is 108 Å². The minimum absolute atomic E-state index is 0.365. The fourth-order valence-electron chi connectivity index (χ4n) is 1.84. The van der Waals surface area contributed by atoms with Crippen LogP contribution in [0.5, 0.6) is 0 Å². The molecular formula is C13H20N4O. The highest BCUT2D eigenvalue weighted by Gasteiger charge is 2.21. The number of rotatable bonds is 5. The van der Waals surface area contributed by atoms with E-state index in [4.69, 9.17) is 11.0 Å². The number of para-hydroxylation sites is 1. The van der Waals surface area contributed by atoms with Crippen LogP contribution in [0.4, 0.5) is 11.4 Å². The van der Waals surface area contributed by atoms with Crippen molar-refractivity contribution in [3.05, 3.63) is 23.8 Å². The summed E-state index contributed by atoms with van der Waals surface area (Å²) in [7, 11) is 3.80. The molecule has 0 saturated heterocycles. The Hall–Kier alpha value is -1.77. The van der Waals surface area contributed by atoms with Crippen LogP contribution in [0.15, 0.2) is 18.2 Å². The van der Waals surface area contributed by atoms with E-state index in [1.165, 1.54) is 0 Å². The van der Waals surface area contributed by atoms with Gasteiger partial charge in [-0.2, -0.15) is 5.26 Å². The zero-order valence-electron chi connectivity index (χ0n) is 11.1. The minimum Gasteiger partial charge on any atom is -0.396 e. The van der Waals surface area contributed by atoms with Gasteiger partial charge in [0.05, 0.1) is 22.5 Å². The van der Waals surface area contributed by atoms with Gasteiger partial charge in [0.1, 0.15) is 6.07 Å². The molecule has 1 unspecified atom stereocenters. The van der Waals surface area contributed by atoms with E-state index in [1.807, 2.05) is 25.1 Å². The van der Waals surface area contributed by atoms with Crippen molar-refractivity contribution in [3.8, 4) is 6.07 Å². The summed E-state index contributed by atoms with van der Waals surface area (Å²) in [6.45, 7) is 2.66. The summed E-state index contributed by atoms with van der Waals surface area (Å²) in [4.78, 5) is 1.91. The number of hydrogen-bond donors (Lipinski definition) is 3. The first kappa shape index (κ1) is 14.3. The molecule has 1 aromatic carbocycles. The summed E-state index contributed by atoms with van der Waals surface area (Å²) in [6.07, 6.45) is 0. The fourth-order valence-corrected chi connectivity index (χ4v) is 1.84. The number of hydrogen-bond acceptors (Lipinski definition) is 5. The highest BCUT2D eigenvalue weighted by atomic mass is 16.3. The molecule has 5 heteroatoms. The number of likely N-dealkylation sites (N-methyl/N-ethyl adjacent to an activating group) is 1. The molecule has 0 aromatic heterocycles. The van der Waals surface area contributed by atoms with Crippen molar-refractivity contribution >= 4 is 11.4 Å². The molecule has 5 nitrogen and oxygen atoms in total. The average Bonchev–Trinajstić information content (AvgIpc) is 2.26. The summed E-state index contributed by atoms with van der Waals surface area (Å²) in [6, 6.07) is 7.25. The molecular weight excluding hydrogens is 228 g/mol. The molecule has 0 bridgehead atoms. The summed E-state index contributed by atoms with van der Waals surface area (Å²) in [5.41, 5.74) is 6.51. The quantitative estimate of drug-likeness (QED) is 0.673. The van der Waals surface area contributed by atoms with Gasteiger partial charge < -0.3 is 21.1 Å². The summed E-state index contributed by atoms with van der Waals surface area (Å²) >= 11 is 0. The molecule has 1 atom stereocenters. The standard InChI is InChI=1S/C13H20N4O/c1-13(18,9-17(2)3)8-16-11-6-4-5-10(7-14)12(11)15/h4-6,16,18H,8-9,15H2,1-3H3. The summed E-state index contributed by atoms with van der Waals surface area (Å²) in [5.74, 6) is 0. The molecule has 0 aliphatic rings. The first-order chi connectivity index (χ1) is 8.35. The lowest BCUT2D eigenvalue weighted by atomic mass is 10.1. The van der Waals surface area contributed by atoms with Crippen molar-refractivity contribution in [2.75, 3.05) is 38.2 Å². The molecule has 1 rings (SSSR count). The number of nitrogens with two attached hydrogens (primary N) is 1. The van der Waals surface area contributed by atoms with Crippen LogP contribution < -0.4 is 11.1 Å². The van der Waals surface area contributed by atoms with Crippen molar-refractivity contribution in [2.45, 2.75) is 12.5 Å². The highest BCUT2D eigenvalue weighted by Crippen LogP contribution is 2.22. The predicted octanol–water partition coefficient (Wildman–Crippen LogP) is 0.865. The Morgan fingerprint density at radius 3 is 2.72 bits per heavy atom. The molecule has 0 fully saturated rings. The molecule has 0 saturated carbocycles. The van der Waals surface area contributed by atoms with Crippen molar-refractivity contribution in [1.29, 1.82) is 5.26 Å². The van der Waals surface area contributed by atoms with Gasteiger partial charge in [0.15, 0.2) is 0 Å². The summed E-state index contributed by atoms with van der Waals surface area (Å²) < 4.78 is 0. The number of nitrogens with zero attached hydrogens (tertiary/aromatic N) is 2. The molecule has 4 N–H and O–H groups in total. The Morgan fingerprint density at radius 1 is 1.50 bits per heavy atom. The second kappa shape index (κ2) is 5.71. The average molecular weight is 248 g/mol. The number of aliphatic hydroxyl groups is 1. The van der Waals surface area contributed by atoms with Crippen molar-refractivity contribution in [3.63, 3.8) is 0 Å². The van der Waals surface area contributed by atoms with Crippen LogP contribution in [0.1, 0.15) is 12.5 Å². The first-order valence-electron chi connectivity index (χ1n) is 5.75. The van der Waals surface area contributed by atoms with Crippen LogP contribution >= 0.6 is 0 Å². The Kier molecular flexibility index (Phi) is 4.54. The Morgan fingerprint density at radius 2 is 2.17 bits per heavy atom. The van der Waals surface area contributed by atoms with E-state index in [2.05, 4.69) is 5.32 Å². The molecule has 0 radical (unpaired) electrons. The monoisotopic (exact) mass is 248 g/mol. The Bertz CT molecular complexity index is 449. The van der Waals surface area contributed by atoms with Crippen molar-refractivity contribution in [2.24, 2.45) is 0 Å². The van der Waals surface area contributed by atoms with E-state index in [0.29, 0.717) is 30.0 Å². The molecule has 18 heavy (non-hydrogen) atoms. The maximum absolute atomic E-state index is 10.2. The van der Waals surface area contributed by atoms with Crippen LogP contribution in [0.25, 0.3) is 0 Å². The topological polar surface area (TPSA) is 85.3 Å². The van der Waals surface area contributed by atoms with Crippen LogP contribution in [-0.4, -0.2) is 42.8 Å². The number of nitrogen functional groups attached to an aromatic ring is 1. The van der Waals surface area contributed by atoms with Gasteiger partial charge in [-0.3, -0.25) is 0 Å². The minimum atomic E-state index is -0.863. The number of nitrogens with one attached hydrogen (secondary N) is 1. The van der Waals surface area contributed by atoms with Crippen LogP contribution in [0, 0.1) is 11.3 Å². The highest BCUT2D eigenvalue weighted by molar-refractivity contribution is 5.72. The summed E-state index contributed by atoms with van der Waals surface area (Å²) in [5, 5.41) is 22.1. The second-order valence-corrected chi connectivity index (χ2v) is 4.97. The van der Waals surface area contributed by atoms with Crippen molar-refractivity contribution in [1.82, 2.24) is 4.90 Å². The molecule has 0 heterocycles. The maximum Gasteiger partial charge on any atom is 0.101 e. The number of anilines is 2. The lowest BCUT2D eigenvalue weighted by molar-refractivity contribution is 0.0460.